The minimum atomic E-state index is -1.26. The zero-order valence-corrected chi connectivity index (χ0v) is 11.3. The van der Waals surface area contributed by atoms with Gasteiger partial charge >= 0.3 is 5.97 Å². The second-order valence-electron chi connectivity index (χ2n) is 4.86. The number of phenolic OH excluding ortho intramolecular Hbond substituents is 1. The van der Waals surface area contributed by atoms with E-state index < -0.39 is 37.1 Å². The number of hydrogen-bond acceptors (Lipinski definition) is 6. The number of rotatable bonds is 7. The molecule has 0 spiro atoms. The average molecular weight is 284 g/mol. The molecule has 1 aromatic rings. The summed E-state index contributed by atoms with van der Waals surface area (Å²) < 4.78 is 5.02. The number of aromatic hydroxyl groups is 1. The number of carbonyl (C=O) groups excluding carboxylic acids is 1. The van der Waals surface area contributed by atoms with E-state index in [2.05, 4.69) is 0 Å². The molecule has 0 aliphatic carbocycles. The van der Waals surface area contributed by atoms with E-state index in [-0.39, 0.29) is 12.4 Å². The molecule has 20 heavy (non-hydrogen) atoms. The molecule has 0 radical (unpaired) electrons. The van der Waals surface area contributed by atoms with E-state index in [9.17, 15) is 9.90 Å². The lowest BCUT2D eigenvalue weighted by Gasteiger charge is -2.27. The van der Waals surface area contributed by atoms with Crippen molar-refractivity contribution in [3.63, 3.8) is 0 Å². The Bertz CT molecular complexity index is 433. The maximum Gasteiger partial charge on any atom is 0.313 e. The third kappa shape index (κ3) is 3.69. The van der Waals surface area contributed by atoms with Crippen molar-refractivity contribution in [2.75, 3.05) is 26.4 Å². The van der Waals surface area contributed by atoms with Crippen molar-refractivity contribution >= 4 is 5.97 Å². The van der Waals surface area contributed by atoms with E-state index in [1.165, 1.54) is 6.07 Å². The van der Waals surface area contributed by atoms with Crippen LogP contribution in [0.1, 0.15) is 18.4 Å². The number of esters is 1. The van der Waals surface area contributed by atoms with E-state index >= 15 is 0 Å². The van der Waals surface area contributed by atoms with Crippen LogP contribution in [0.15, 0.2) is 24.3 Å². The Balaban J connectivity index is 2.70. The summed E-state index contributed by atoms with van der Waals surface area (Å²) in [7, 11) is 0. The van der Waals surface area contributed by atoms with Crippen LogP contribution in [0.2, 0.25) is 0 Å². The standard InChI is InChI=1S/C14H20O6/c1-10(11-4-2-3-5-12(11)18)13(19)20-9-14(6-15,7-16)8-17/h2-5,10,15-18H,6-9H2,1H3. The van der Waals surface area contributed by atoms with Crippen LogP contribution < -0.4 is 0 Å². The minimum Gasteiger partial charge on any atom is -0.508 e. The minimum absolute atomic E-state index is 0.00492. The Kier molecular flexibility index (Phi) is 5.94. The van der Waals surface area contributed by atoms with Crippen LogP contribution in [0, 0.1) is 5.41 Å². The molecule has 1 aromatic carbocycles. The Morgan fingerprint density at radius 2 is 1.75 bits per heavy atom. The quantitative estimate of drug-likeness (QED) is 0.525. The van der Waals surface area contributed by atoms with Crippen LogP contribution in [0.5, 0.6) is 5.75 Å². The van der Waals surface area contributed by atoms with Crippen LogP contribution in [0.4, 0.5) is 0 Å². The van der Waals surface area contributed by atoms with E-state index in [4.69, 9.17) is 20.1 Å². The fourth-order valence-electron chi connectivity index (χ4n) is 1.62. The van der Waals surface area contributed by atoms with Gasteiger partial charge in [-0.15, -0.1) is 0 Å². The van der Waals surface area contributed by atoms with Gasteiger partial charge in [-0.3, -0.25) is 4.79 Å². The second-order valence-corrected chi connectivity index (χ2v) is 4.86. The molecule has 0 fully saturated rings. The zero-order chi connectivity index (χ0) is 15.2. The summed E-state index contributed by atoms with van der Waals surface area (Å²) in [5, 5.41) is 37.1. The van der Waals surface area contributed by atoms with Gasteiger partial charge in [0.1, 0.15) is 12.4 Å². The number of aliphatic hydroxyl groups is 3. The van der Waals surface area contributed by atoms with Crippen LogP contribution in [0.25, 0.3) is 0 Å². The van der Waals surface area contributed by atoms with E-state index in [1.54, 1.807) is 25.1 Å². The van der Waals surface area contributed by atoms with E-state index in [0.29, 0.717) is 5.56 Å². The lowest BCUT2D eigenvalue weighted by atomic mass is 9.92. The third-order valence-electron chi connectivity index (χ3n) is 3.28. The SMILES string of the molecule is CC(C(=O)OCC(CO)(CO)CO)c1ccccc1O. The highest BCUT2D eigenvalue weighted by molar-refractivity contribution is 5.78. The average Bonchev–Trinajstić information content (AvgIpc) is 2.49. The fraction of sp³-hybridized carbons (Fsp3) is 0.500. The van der Waals surface area contributed by atoms with Crippen molar-refractivity contribution in [1.82, 2.24) is 0 Å². The van der Waals surface area contributed by atoms with Gasteiger partial charge in [0.15, 0.2) is 0 Å². The predicted molar refractivity (Wildman–Crippen MR) is 71.2 cm³/mol. The van der Waals surface area contributed by atoms with Gasteiger partial charge in [-0.1, -0.05) is 18.2 Å². The van der Waals surface area contributed by atoms with Gasteiger partial charge in [0.05, 0.1) is 31.2 Å². The Labute approximate surface area is 117 Å². The highest BCUT2D eigenvalue weighted by Gasteiger charge is 2.31. The van der Waals surface area contributed by atoms with Crippen molar-refractivity contribution in [2.24, 2.45) is 5.41 Å². The van der Waals surface area contributed by atoms with Crippen molar-refractivity contribution in [1.29, 1.82) is 0 Å². The van der Waals surface area contributed by atoms with E-state index in [1.807, 2.05) is 0 Å². The molecule has 0 bridgehead atoms. The van der Waals surface area contributed by atoms with Crippen molar-refractivity contribution in [3.8, 4) is 5.75 Å². The van der Waals surface area contributed by atoms with Gasteiger partial charge in [-0.05, 0) is 13.0 Å². The Morgan fingerprint density at radius 3 is 2.25 bits per heavy atom. The van der Waals surface area contributed by atoms with Gasteiger partial charge in [0.2, 0.25) is 0 Å². The van der Waals surface area contributed by atoms with E-state index in [0.717, 1.165) is 0 Å². The largest absolute Gasteiger partial charge is 0.508 e. The highest BCUT2D eigenvalue weighted by Crippen LogP contribution is 2.26. The molecule has 0 saturated carbocycles. The Morgan fingerprint density at radius 1 is 1.20 bits per heavy atom. The summed E-state index contributed by atoms with van der Waals surface area (Å²) in [5.74, 6) is -1.30. The lowest BCUT2D eigenvalue weighted by Crippen LogP contribution is -2.39. The van der Waals surface area contributed by atoms with Gasteiger partial charge < -0.3 is 25.2 Å². The fourth-order valence-corrected chi connectivity index (χ4v) is 1.62. The molecule has 0 saturated heterocycles. The summed E-state index contributed by atoms with van der Waals surface area (Å²) in [6, 6.07) is 6.42. The summed E-state index contributed by atoms with van der Waals surface area (Å²) >= 11 is 0. The van der Waals surface area contributed by atoms with Gasteiger partial charge in [-0.2, -0.15) is 0 Å². The summed E-state index contributed by atoms with van der Waals surface area (Å²) in [4.78, 5) is 11.9. The topological polar surface area (TPSA) is 107 Å². The summed E-state index contributed by atoms with van der Waals surface area (Å²) in [5.41, 5.74) is -0.825. The number of benzene rings is 1. The van der Waals surface area contributed by atoms with Crippen molar-refractivity contribution in [2.45, 2.75) is 12.8 Å². The molecular formula is C14H20O6. The molecule has 6 heteroatoms. The van der Waals surface area contributed by atoms with Gasteiger partial charge in [0.25, 0.3) is 0 Å². The molecule has 1 atom stereocenters. The van der Waals surface area contributed by atoms with Crippen LogP contribution in [-0.4, -0.2) is 52.8 Å². The number of para-hydroxylation sites is 1. The van der Waals surface area contributed by atoms with Crippen LogP contribution in [0.3, 0.4) is 0 Å². The van der Waals surface area contributed by atoms with Crippen molar-refractivity contribution in [3.05, 3.63) is 29.8 Å². The van der Waals surface area contributed by atoms with Crippen molar-refractivity contribution < 1.29 is 30.0 Å². The number of carbonyl (C=O) groups is 1. The first-order valence-corrected chi connectivity index (χ1v) is 6.27. The molecule has 0 heterocycles. The normalized spacial score (nSPS) is 13.0. The highest BCUT2D eigenvalue weighted by atomic mass is 16.5. The number of aliphatic hydroxyl groups excluding tert-OH is 3. The maximum absolute atomic E-state index is 11.9. The molecule has 0 amide bonds. The first kappa shape index (κ1) is 16.4. The van der Waals surface area contributed by atoms with Crippen LogP contribution >= 0.6 is 0 Å². The monoisotopic (exact) mass is 284 g/mol. The first-order valence-electron chi connectivity index (χ1n) is 6.27. The Hall–Kier alpha value is -1.63. The molecule has 1 unspecified atom stereocenters. The third-order valence-corrected chi connectivity index (χ3v) is 3.28. The van der Waals surface area contributed by atoms with Gasteiger partial charge in [0, 0.05) is 5.56 Å². The van der Waals surface area contributed by atoms with Crippen LogP contribution in [-0.2, 0) is 9.53 Å². The molecular weight excluding hydrogens is 264 g/mol. The maximum atomic E-state index is 11.9. The number of ether oxygens (including phenoxy) is 1. The molecule has 6 nitrogen and oxygen atoms in total. The molecule has 4 N–H and O–H groups in total. The summed E-state index contributed by atoms with van der Waals surface area (Å²) in [6.45, 7) is -0.224. The second kappa shape index (κ2) is 7.23. The number of hydrogen-bond donors (Lipinski definition) is 4. The molecule has 0 aliphatic rings. The summed E-state index contributed by atoms with van der Waals surface area (Å²) in [6.07, 6.45) is 0. The lowest BCUT2D eigenvalue weighted by molar-refractivity contribution is -0.152. The smallest absolute Gasteiger partial charge is 0.313 e. The molecule has 0 aliphatic heterocycles. The first-order chi connectivity index (χ1) is 9.49. The zero-order valence-electron chi connectivity index (χ0n) is 11.3. The molecule has 0 aromatic heterocycles. The molecule has 112 valence electrons. The predicted octanol–water partition coefficient (Wildman–Crippen LogP) is 0.00220. The van der Waals surface area contributed by atoms with Gasteiger partial charge in [-0.25, -0.2) is 0 Å². The number of phenols is 1. The molecule has 1 rings (SSSR count).